The summed E-state index contributed by atoms with van der Waals surface area (Å²) in [6.45, 7) is 1.85. The SMILES string of the molecule is COc1cc2nc[nH]c(=O)c2cc1OS(=O)(=O)c1ccc(C)cc1. The van der Waals surface area contributed by atoms with Crippen LogP contribution in [-0.4, -0.2) is 25.5 Å². The molecular formula is C16H14N2O5S. The Bertz CT molecular complexity index is 1060. The highest BCUT2D eigenvalue weighted by Gasteiger charge is 2.20. The molecule has 1 aromatic heterocycles. The van der Waals surface area contributed by atoms with Crippen LogP contribution in [0.2, 0.25) is 0 Å². The molecule has 1 heterocycles. The number of methoxy groups -OCH3 is 1. The minimum atomic E-state index is -4.06. The Labute approximate surface area is 138 Å². The second-order valence-electron chi connectivity index (χ2n) is 5.10. The lowest BCUT2D eigenvalue weighted by molar-refractivity contribution is 0.391. The molecule has 0 aliphatic heterocycles. The summed E-state index contributed by atoms with van der Waals surface area (Å²) in [6.07, 6.45) is 1.26. The van der Waals surface area contributed by atoms with Crippen molar-refractivity contribution in [3.8, 4) is 11.5 Å². The number of aromatic amines is 1. The van der Waals surface area contributed by atoms with Crippen LogP contribution in [0.15, 0.2) is 52.4 Å². The van der Waals surface area contributed by atoms with Crippen molar-refractivity contribution in [2.75, 3.05) is 7.11 Å². The van der Waals surface area contributed by atoms with Gasteiger partial charge in [0, 0.05) is 12.1 Å². The zero-order valence-electron chi connectivity index (χ0n) is 12.9. The first kappa shape index (κ1) is 16.0. The third-order valence-corrected chi connectivity index (χ3v) is 4.68. The van der Waals surface area contributed by atoms with E-state index < -0.39 is 15.7 Å². The molecule has 0 aliphatic carbocycles. The van der Waals surface area contributed by atoms with Crippen LogP contribution < -0.4 is 14.5 Å². The van der Waals surface area contributed by atoms with Gasteiger partial charge in [-0.3, -0.25) is 4.79 Å². The number of ether oxygens (including phenoxy) is 1. The van der Waals surface area contributed by atoms with Gasteiger partial charge >= 0.3 is 10.1 Å². The molecule has 0 bridgehead atoms. The van der Waals surface area contributed by atoms with Crippen LogP contribution in [0.3, 0.4) is 0 Å². The van der Waals surface area contributed by atoms with Crippen LogP contribution in [0.5, 0.6) is 11.5 Å². The van der Waals surface area contributed by atoms with Gasteiger partial charge in [0.2, 0.25) is 0 Å². The molecule has 3 rings (SSSR count). The number of nitrogens with one attached hydrogen (secondary N) is 1. The van der Waals surface area contributed by atoms with Crippen molar-refractivity contribution in [1.82, 2.24) is 9.97 Å². The molecular weight excluding hydrogens is 332 g/mol. The van der Waals surface area contributed by atoms with Gasteiger partial charge in [0.15, 0.2) is 11.5 Å². The van der Waals surface area contributed by atoms with E-state index in [9.17, 15) is 13.2 Å². The van der Waals surface area contributed by atoms with Crippen molar-refractivity contribution in [2.24, 2.45) is 0 Å². The first-order chi connectivity index (χ1) is 11.4. The molecule has 0 radical (unpaired) electrons. The van der Waals surface area contributed by atoms with Crippen molar-refractivity contribution in [2.45, 2.75) is 11.8 Å². The fraction of sp³-hybridized carbons (Fsp3) is 0.125. The molecule has 0 saturated carbocycles. The van der Waals surface area contributed by atoms with Crippen LogP contribution >= 0.6 is 0 Å². The normalized spacial score (nSPS) is 11.4. The van der Waals surface area contributed by atoms with Crippen molar-refractivity contribution < 1.29 is 17.3 Å². The summed E-state index contributed by atoms with van der Waals surface area (Å²) in [7, 11) is -2.68. The number of H-pyrrole nitrogens is 1. The van der Waals surface area contributed by atoms with Crippen LogP contribution in [0.25, 0.3) is 10.9 Å². The van der Waals surface area contributed by atoms with E-state index in [0.717, 1.165) is 5.56 Å². The Morgan fingerprint density at radius 3 is 2.46 bits per heavy atom. The number of aromatic nitrogens is 2. The largest absolute Gasteiger partial charge is 0.493 e. The number of hydrogen-bond donors (Lipinski definition) is 1. The van der Waals surface area contributed by atoms with Crippen molar-refractivity contribution >= 4 is 21.0 Å². The molecule has 3 aromatic rings. The highest BCUT2D eigenvalue weighted by molar-refractivity contribution is 7.87. The van der Waals surface area contributed by atoms with Gasteiger partial charge in [-0.25, -0.2) is 4.98 Å². The van der Waals surface area contributed by atoms with Gasteiger partial charge in [-0.05, 0) is 19.1 Å². The number of hydrogen-bond acceptors (Lipinski definition) is 6. The predicted molar refractivity (Wildman–Crippen MR) is 87.9 cm³/mol. The molecule has 8 heteroatoms. The van der Waals surface area contributed by atoms with Crippen molar-refractivity contribution in [3.05, 3.63) is 58.6 Å². The van der Waals surface area contributed by atoms with Crippen LogP contribution in [0, 0.1) is 6.92 Å². The van der Waals surface area contributed by atoms with E-state index in [1.807, 2.05) is 6.92 Å². The summed E-state index contributed by atoms with van der Waals surface area (Å²) in [5, 5.41) is 0.201. The molecule has 0 fully saturated rings. The molecule has 124 valence electrons. The van der Waals surface area contributed by atoms with Gasteiger partial charge < -0.3 is 13.9 Å². The number of nitrogens with zero attached hydrogens (tertiary/aromatic N) is 1. The number of benzene rings is 2. The lowest BCUT2D eigenvalue weighted by Crippen LogP contribution is -2.12. The molecule has 0 amide bonds. The highest BCUT2D eigenvalue weighted by atomic mass is 32.2. The summed E-state index contributed by atoms with van der Waals surface area (Å²) in [5.74, 6) is 0.0837. The van der Waals surface area contributed by atoms with Gasteiger partial charge in [0.05, 0.1) is 24.3 Å². The van der Waals surface area contributed by atoms with E-state index in [2.05, 4.69) is 9.97 Å². The second kappa shape index (κ2) is 5.97. The monoisotopic (exact) mass is 346 g/mol. The van der Waals surface area contributed by atoms with Crippen LogP contribution in [0.1, 0.15) is 5.56 Å². The molecule has 0 saturated heterocycles. The predicted octanol–water partition coefficient (Wildman–Crippen LogP) is 2.01. The third kappa shape index (κ3) is 2.95. The molecule has 0 unspecified atom stereocenters. The molecule has 2 aromatic carbocycles. The minimum Gasteiger partial charge on any atom is -0.493 e. The minimum absolute atomic E-state index is 0.00958. The molecule has 0 aliphatic rings. The zero-order chi connectivity index (χ0) is 17.3. The topological polar surface area (TPSA) is 98.3 Å². The summed E-state index contributed by atoms with van der Waals surface area (Å²) < 4.78 is 35.2. The van der Waals surface area contributed by atoms with E-state index in [1.165, 1.54) is 37.7 Å². The van der Waals surface area contributed by atoms with Crippen molar-refractivity contribution in [1.29, 1.82) is 0 Å². The summed E-state index contributed by atoms with van der Waals surface area (Å²) >= 11 is 0. The number of rotatable bonds is 4. The van der Waals surface area contributed by atoms with E-state index in [0.29, 0.717) is 5.52 Å². The lowest BCUT2D eigenvalue weighted by atomic mass is 10.2. The Morgan fingerprint density at radius 1 is 1.08 bits per heavy atom. The maximum absolute atomic E-state index is 12.4. The summed E-state index contributed by atoms with van der Waals surface area (Å²) in [5.41, 5.74) is 0.894. The maximum Gasteiger partial charge on any atom is 0.339 e. The van der Waals surface area contributed by atoms with Gasteiger partial charge in [0.25, 0.3) is 5.56 Å². The average Bonchev–Trinajstić information content (AvgIpc) is 2.55. The Hall–Kier alpha value is -2.87. The Balaban J connectivity index is 2.10. The first-order valence-electron chi connectivity index (χ1n) is 6.97. The van der Waals surface area contributed by atoms with Gasteiger partial charge in [-0.15, -0.1) is 0 Å². The van der Waals surface area contributed by atoms with Gasteiger partial charge in [-0.2, -0.15) is 8.42 Å². The van der Waals surface area contributed by atoms with Gasteiger partial charge in [-0.1, -0.05) is 17.7 Å². The molecule has 0 spiro atoms. The van der Waals surface area contributed by atoms with E-state index >= 15 is 0 Å². The Morgan fingerprint density at radius 2 is 1.79 bits per heavy atom. The number of aryl methyl sites for hydroxylation is 1. The van der Waals surface area contributed by atoms with Crippen LogP contribution in [0.4, 0.5) is 0 Å². The zero-order valence-corrected chi connectivity index (χ0v) is 13.8. The smallest absolute Gasteiger partial charge is 0.339 e. The maximum atomic E-state index is 12.4. The van der Waals surface area contributed by atoms with Crippen LogP contribution in [-0.2, 0) is 10.1 Å². The van der Waals surface area contributed by atoms with E-state index in [-0.39, 0.29) is 21.8 Å². The fourth-order valence-electron chi connectivity index (χ4n) is 2.17. The summed E-state index contributed by atoms with van der Waals surface area (Å²) in [4.78, 5) is 18.3. The van der Waals surface area contributed by atoms with E-state index in [1.54, 1.807) is 12.1 Å². The average molecular weight is 346 g/mol. The lowest BCUT2D eigenvalue weighted by Gasteiger charge is -2.11. The molecule has 24 heavy (non-hydrogen) atoms. The van der Waals surface area contributed by atoms with Gasteiger partial charge in [0.1, 0.15) is 4.90 Å². The fourth-order valence-corrected chi connectivity index (χ4v) is 3.10. The highest BCUT2D eigenvalue weighted by Crippen LogP contribution is 2.32. The third-order valence-electron chi connectivity index (χ3n) is 3.44. The second-order valence-corrected chi connectivity index (χ2v) is 6.65. The quantitative estimate of drug-likeness (QED) is 0.726. The van der Waals surface area contributed by atoms with E-state index in [4.69, 9.17) is 8.92 Å². The standard InChI is InChI=1S/C16H14N2O5S/c1-10-3-5-11(6-4-10)24(20,21)23-15-7-12-13(8-14(15)22-2)17-9-18-16(12)19/h3-9H,1-2H3,(H,17,18,19). The molecule has 0 atom stereocenters. The number of fused-ring (bicyclic) bond motifs is 1. The summed E-state index contributed by atoms with van der Waals surface area (Å²) in [6, 6.07) is 8.99. The van der Waals surface area contributed by atoms with Crippen molar-refractivity contribution in [3.63, 3.8) is 0 Å². The molecule has 1 N–H and O–H groups in total. The Kier molecular flexibility index (Phi) is 3.98. The first-order valence-corrected chi connectivity index (χ1v) is 8.38. The molecule has 7 nitrogen and oxygen atoms in total.